The standard InChI is InChI=1S/C13H8ClF3N2O2/c14-9-3-11(19-13(20)21)10(15)2-8(9)6-1-7(12(16)17)5-18-4-6/h1-5,12,19H,(H,20,21). The summed E-state index contributed by atoms with van der Waals surface area (Å²) in [7, 11) is 0. The minimum atomic E-state index is -2.71. The van der Waals surface area contributed by atoms with E-state index in [9.17, 15) is 18.0 Å². The lowest BCUT2D eigenvalue weighted by molar-refractivity contribution is 0.151. The fourth-order valence-electron chi connectivity index (χ4n) is 1.70. The van der Waals surface area contributed by atoms with Crippen LogP contribution < -0.4 is 5.32 Å². The van der Waals surface area contributed by atoms with Crippen LogP contribution in [0.3, 0.4) is 0 Å². The second kappa shape index (κ2) is 6.01. The molecule has 1 heterocycles. The van der Waals surface area contributed by atoms with Crippen molar-refractivity contribution >= 4 is 23.4 Å². The van der Waals surface area contributed by atoms with Crippen molar-refractivity contribution in [2.45, 2.75) is 6.43 Å². The second-order valence-corrected chi connectivity index (χ2v) is 4.46. The van der Waals surface area contributed by atoms with Crippen LogP contribution in [0.4, 0.5) is 23.7 Å². The molecule has 8 heteroatoms. The van der Waals surface area contributed by atoms with Crippen LogP contribution in [-0.2, 0) is 0 Å². The van der Waals surface area contributed by atoms with Crippen molar-refractivity contribution in [2.24, 2.45) is 0 Å². The first-order chi connectivity index (χ1) is 9.88. The summed E-state index contributed by atoms with van der Waals surface area (Å²) in [6, 6.07) is 3.16. The highest BCUT2D eigenvalue weighted by atomic mass is 35.5. The Morgan fingerprint density at radius 3 is 2.62 bits per heavy atom. The highest BCUT2D eigenvalue weighted by Gasteiger charge is 2.14. The highest BCUT2D eigenvalue weighted by molar-refractivity contribution is 6.33. The predicted octanol–water partition coefficient (Wildman–Crippen LogP) is 4.57. The lowest BCUT2D eigenvalue weighted by Crippen LogP contribution is -2.08. The molecule has 0 bridgehead atoms. The maximum atomic E-state index is 13.8. The highest BCUT2D eigenvalue weighted by Crippen LogP contribution is 2.33. The van der Waals surface area contributed by atoms with Crippen LogP contribution in [0.2, 0.25) is 5.02 Å². The molecule has 1 aromatic carbocycles. The molecule has 0 fully saturated rings. The van der Waals surface area contributed by atoms with Gasteiger partial charge in [-0.15, -0.1) is 0 Å². The summed E-state index contributed by atoms with van der Waals surface area (Å²) >= 11 is 5.94. The monoisotopic (exact) mass is 316 g/mol. The normalized spacial score (nSPS) is 10.7. The molecule has 0 aliphatic heterocycles. The number of alkyl halides is 2. The molecule has 1 aromatic heterocycles. The summed E-state index contributed by atoms with van der Waals surface area (Å²) < 4.78 is 39.0. The van der Waals surface area contributed by atoms with E-state index in [0.717, 1.165) is 24.4 Å². The van der Waals surface area contributed by atoms with Gasteiger partial charge in [-0.1, -0.05) is 11.6 Å². The lowest BCUT2D eigenvalue weighted by atomic mass is 10.1. The maximum absolute atomic E-state index is 13.8. The molecule has 0 saturated carbocycles. The van der Waals surface area contributed by atoms with Gasteiger partial charge in [0, 0.05) is 29.1 Å². The lowest BCUT2D eigenvalue weighted by Gasteiger charge is -2.10. The summed E-state index contributed by atoms with van der Waals surface area (Å²) in [6.45, 7) is 0. The average molecular weight is 317 g/mol. The number of carbonyl (C=O) groups is 1. The fraction of sp³-hybridized carbons (Fsp3) is 0.0769. The van der Waals surface area contributed by atoms with E-state index in [4.69, 9.17) is 16.7 Å². The molecule has 1 amide bonds. The Bertz CT molecular complexity index is 695. The molecule has 110 valence electrons. The van der Waals surface area contributed by atoms with Gasteiger partial charge in [0.15, 0.2) is 0 Å². The van der Waals surface area contributed by atoms with Gasteiger partial charge in [-0.2, -0.15) is 0 Å². The summed E-state index contributed by atoms with van der Waals surface area (Å²) in [4.78, 5) is 14.1. The van der Waals surface area contributed by atoms with E-state index in [2.05, 4.69) is 4.98 Å². The van der Waals surface area contributed by atoms with Crippen LogP contribution in [-0.4, -0.2) is 16.2 Å². The predicted molar refractivity (Wildman–Crippen MR) is 71.2 cm³/mol. The van der Waals surface area contributed by atoms with Crippen LogP contribution in [0.1, 0.15) is 12.0 Å². The molecule has 0 aliphatic rings. The van der Waals surface area contributed by atoms with E-state index in [1.807, 2.05) is 5.32 Å². The Morgan fingerprint density at radius 1 is 1.29 bits per heavy atom. The zero-order valence-electron chi connectivity index (χ0n) is 10.3. The van der Waals surface area contributed by atoms with Crippen LogP contribution in [0.5, 0.6) is 0 Å². The van der Waals surface area contributed by atoms with Crippen molar-refractivity contribution in [3.63, 3.8) is 0 Å². The Kier molecular flexibility index (Phi) is 4.32. The molecular weight excluding hydrogens is 309 g/mol. The Balaban J connectivity index is 2.47. The van der Waals surface area contributed by atoms with E-state index in [1.165, 1.54) is 6.20 Å². The van der Waals surface area contributed by atoms with E-state index < -0.39 is 18.3 Å². The Labute approximate surface area is 122 Å². The zero-order valence-corrected chi connectivity index (χ0v) is 11.0. The van der Waals surface area contributed by atoms with E-state index in [1.54, 1.807) is 0 Å². The first-order valence-corrected chi connectivity index (χ1v) is 5.98. The number of nitrogens with zero attached hydrogens (tertiary/aromatic N) is 1. The van der Waals surface area contributed by atoms with Crippen LogP contribution >= 0.6 is 11.6 Å². The number of nitrogens with one attached hydrogen (secondary N) is 1. The SMILES string of the molecule is O=C(O)Nc1cc(Cl)c(-c2cncc(C(F)F)c2)cc1F. The molecule has 0 aliphatic carbocycles. The minimum Gasteiger partial charge on any atom is -0.465 e. The third-order valence-corrected chi connectivity index (χ3v) is 2.93. The molecular formula is C13H8ClF3N2O2. The number of halogens is 4. The van der Waals surface area contributed by atoms with Crippen LogP contribution in [0.15, 0.2) is 30.6 Å². The Hall–Kier alpha value is -2.28. The van der Waals surface area contributed by atoms with Gasteiger partial charge in [-0.3, -0.25) is 10.3 Å². The molecule has 0 saturated heterocycles. The molecule has 2 aromatic rings. The molecule has 0 radical (unpaired) electrons. The van der Waals surface area contributed by atoms with Gasteiger partial charge in [0.2, 0.25) is 0 Å². The molecule has 4 nitrogen and oxygen atoms in total. The number of benzene rings is 1. The van der Waals surface area contributed by atoms with Gasteiger partial charge in [-0.25, -0.2) is 18.0 Å². The van der Waals surface area contributed by atoms with Crippen LogP contribution in [0.25, 0.3) is 11.1 Å². The van der Waals surface area contributed by atoms with Crippen molar-refractivity contribution < 1.29 is 23.1 Å². The zero-order chi connectivity index (χ0) is 15.6. The van der Waals surface area contributed by atoms with Crippen molar-refractivity contribution in [1.29, 1.82) is 0 Å². The summed E-state index contributed by atoms with van der Waals surface area (Å²) in [5.41, 5.74) is -0.301. The number of rotatable bonds is 3. The Morgan fingerprint density at radius 2 is 2.00 bits per heavy atom. The summed E-state index contributed by atoms with van der Waals surface area (Å²) in [5.74, 6) is -0.876. The van der Waals surface area contributed by atoms with Gasteiger partial charge in [-0.05, 0) is 18.2 Å². The topological polar surface area (TPSA) is 62.2 Å². The molecule has 0 atom stereocenters. The van der Waals surface area contributed by atoms with Crippen molar-refractivity contribution in [2.75, 3.05) is 5.32 Å². The minimum absolute atomic E-state index is 0.00775. The number of anilines is 1. The van der Waals surface area contributed by atoms with Gasteiger partial charge in [0.1, 0.15) is 5.82 Å². The van der Waals surface area contributed by atoms with Crippen molar-refractivity contribution in [1.82, 2.24) is 4.98 Å². The van der Waals surface area contributed by atoms with Gasteiger partial charge in [0.05, 0.1) is 10.7 Å². The molecule has 0 unspecified atom stereocenters. The molecule has 2 N–H and O–H groups in total. The smallest absolute Gasteiger partial charge is 0.409 e. The first kappa shape index (κ1) is 15.1. The van der Waals surface area contributed by atoms with Crippen LogP contribution in [0, 0.1) is 5.82 Å². The fourth-order valence-corrected chi connectivity index (χ4v) is 1.98. The van der Waals surface area contributed by atoms with E-state index in [0.29, 0.717) is 0 Å². The number of hydrogen-bond acceptors (Lipinski definition) is 2. The number of hydrogen-bond donors (Lipinski definition) is 2. The summed E-state index contributed by atoms with van der Waals surface area (Å²) in [6.07, 6.45) is -1.90. The third-order valence-electron chi connectivity index (χ3n) is 2.62. The molecule has 21 heavy (non-hydrogen) atoms. The number of carboxylic acid groups (broad SMARTS) is 1. The largest absolute Gasteiger partial charge is 0.465 e. The first-order valence-electron chi connectivity index (χ1n) is 5.61. The van der Waals surface area contributed by atoms with Gasteiger partial charge < -0.3 is 5.11 Å². The number of pyridine rings is 1. The number of amides is 1. The molecule has 0 spiro atoms. The second-order valence-electron chi connectivity index (χ2n) is 4.05. The van der Waals surface area contributed by atoms with Gasteiger partial charge >= 0.3 is 6.09 Å². The van der Waals surface area contributed by atoms with Crippen molar-refractivity contribution in [3.05, 3.63) is 47.0 Å². The number of aromatic nitrogens is 1. The quantitative estimate of drug-likeness (QED) is 0.872. The van der Waals surface area contributed by atoms with E-state index >= 15 is 0 Å². The third kappa shape index (κ3) is 3.43. The van der Waals surface area contributed by atoms with Gasteiger partial charge in [0.25, 0.3) is 6.43 Å². The van der Waals surface area contributed by atoms with Crippen molar-refractivity contribution in [3.8, 4) is 11.1 Å². The maximum Gasteiger partial charge on any atom is 0.409 e. The molecule has 2 rings (SSSR count). The average Bonchev–Trinajstić information content (AvgIpc) is 2.42. The van der Waals surface area contributed by atoms with E-state index in [-0.39, 0.29) is 27.4 Å². The summed E-state index contributed by atoms with van der Waals surface area (Å²) in [5, 5.41) is 10.4.